The second-order valence-electron chi connectivity index (χ2n) is 16.4. The van der Waals surface area contributed by atoms with Crippen LogP contribution in [0.15, 0.2) is 231 Å². The SMILES string of the molecule is c1ccc(-c2c3ccccc3n3c4cccc(-c5ccc(N(c6ccc(-c7cccc8ccccc78)cc6)c6cccc7c6sc6ccccc67)cc5)c4c4ccccc4c23)cc1. The molecule has 0 saturated heterocycles. The van der Waals surface area contributed by atoms with Gasteiger partial charge >= 0.3 is 0 Å². The van der Waals surface area contributed by atoms with Crippen molar-refractivity contribution in [1.82, 2.24) is 4.40 Å². The van der Waals surface area contributed by atoms with Gasteiger partial charge in [0.15, 0.2) is 0 Å². The van der Waals surface area contributed by atoms with Gasteiger partial charge < -0.3 is 9.30 Å². The molecule has 3 heteroatoms. The summed E-state index contributed by atoms with van der Waals surface area (Å²) < 4.78 is 5.08. The Labute approximate surface area is 368 Å². The average Bonchev–Trinajstić information content (AvgIpc) is 3.92. The highest BCUT2D eigenvalue weighted by atomic mass is 32.1. The van der Waals surface area contributed by atoms with Gasteiger partial charge in [0.2, 0.25) is 0 Å². The number of hydrogen-bond acceptors (Lipinski definition) is 2. The number of anilines is 3. The zero-order chi connectivity index (χ0) is 41.4. The molecule has 0 saturated carbocycles. The molecule has 0 amide bonds. The van der Waals surface area contributed by atoms with Gasteiger partial charge in [-0.25, -0.2) is 0 Å². The summed E-state index contributed by atoms with van der Waals surface area (Å²) in [6.07, 6.45) is 0. The molecule has 0 radical (unpaired) electrons. The molecule has 63 heavy (non-hydrogen) atoms. The molecule has 0 aliphatic rings. The second-order valence-corrected chi connectivity index (χ2v) is 17.4. The van der Waals surface area contributed by atoms with E-state index in [4.69, 9.17) is 0 Å². The van der Waals surface area contributed by atoms with Crippen LogP contribution in [0.4, 0.5) is 17.1 Å². The van der Waals surface area contributed by atoms with Crippen LogP contribution in [-0.4, -0.2) is 4.40 Å². The van der Waals surface area contributed by atoms with Crippen molar-refractivity contribution in [1.29, 1.82) is 0 Å². The highest BCUT2D eigenvalue weighted by Gasteiger charge is 2.22. The fourth-order valence-electron chi connectivity index (χ4n) is 10.2. The Balaban J connectivity index is 0.998. The topological polar surface area (TPSA) is 7.65 Å². The van der Waals surface area contributed by atoms with E-state index in [0.717, 1.165) is 11.4 Å². The van der Waals surface area contributed by atoms with Crippen LogP contribution in [0, 0.1) is 0 Å². The van der Waals surface area contributed by atoms with E-state index in [1.165, 1.54) is 108 Å². The van der Waals surface area contributed by atoms with Gasteiger partial charge in [0.1, 0.15) is 0 Å². The van der Waals surface area contributed by atoms with Crippen molar-refractivity contribution in [3.8, 4) is 33.4 Å². The van der Waals surface area contributed by atoms with E-state index in [-0.39, 0.29) is 0 Å². The summed E-state index contributed by atoms with van der Waals surface area (Å²) in [6.45, 7) is 0. The summed E-state index contributed by atoms with van der Waals surface area (Å²) >= 11 is 1.87. The van der Waals surface area contributed by atoms with Gasteiger partial charge in [0, 0.05) is 48.6 Å². The summed E-state index contributed by atoms with van der Waals surface area (Å²) in [5, 5.41) is 10.1. The maximum absolute atomic E-state index is 2.50. The average molecular weight is 819 g/mol. The molecule has 294 valence electrons. The Hall–Kier alpha value is -7.98. The van der Waals surface area contributed by atoms with Crippen LogP contribution in [0.2, 0.25) is 0 Å². The lowest BCUT2D eigenvalue weighted by molar-refractivity contribution is 1.30. The molecule has 0 N–H and O–H groups in total. The molecular weight excluding hydrogens is 781 g/mol. The predicted octanol–water partition coefficient (Wildman–Crippen LogP) is 17.4. The van der Waals surface area contributed by atoms with Gasteiger partial charge in [0.25, 0.3) is 0 Å². The largest absolute Gasteiger partial charge is 0.309 e. The van der Waals surface area contributed by atoms with E-state index in [1.54, 1.807) is 0 Å². The minimum absolute atomic E-state index is 1.11. The van der Waals surface area contributed by atoms with Crippen LogP contribution < -0.4 is 4.90 Å². The highest BCUT2D eigenvalue weighted by Crippen LogP contribution is 2.47. The molecule has 0 fully saturated rings. The third-order valence-electron chi connectivity index (χ3n) is 13.0. The second kappa shape index (κ2) is 14.3. The normalized spacial score (nSPS) is 11.8. The zero-order valence-electron chi connectivity index (χ0n) is 34.2. The minimum Gasteiger partial charge on any atom is -0.309 e. The van der Waals surface area contributed by atoms with Crippen molar-refractivity contribution in [2.75, 3.05) is 4.90 Å². The number of fused-ring (bicyclic) bond motifs is 12. The molecule has 3 aromatic heterocycles. The van der Waals surface area contributed by atoms with Crippen LogP contribution in [0.3, 0.4) is 0 Å². The van der Waals surface area contributed by atoms with Gasteiger partial charge in [-0.15, -0.1) is 11.3 Å². The number of aromatic nitrogens is 1. The van der Waals surface area contributed by atoms with Crippen LogP contribution in [0.1, 0.15) is 0 Å². The number of para-hydroxylation sites is 1. The number of nitrogens with zero attached hydrogens (tertiary/aromatic N) is 2. The number of benzene rings is 10. The summed E-state index contributed by atoms with van der Waals surface area (Å²) in [4.78, 5) is 2.44. The first-order chi connectivity index (χ1) is 31.3. The quantitative estimate of drug-likeness (QED) is 0.152. The Bertz CT molecular complexity index is 3890. The van der Waals surface area contributed by atoms with Crippen molar-refractivity contribution in [3.63, 3.8) is 0 Å². The number of thiophene rings is 1. The van der Waals surface area contributed by atoms with Crippen molar-refractivity contribution in [2.45, 2.75) is 0 Å². The fourth-order valence-corrected chi connectivity index (χ4v) is 11.4. The minimum atomic E-state index is 1.11. The fraction of sp³-hybridized carbons (Fsp3) is 0. The standard InChI is InChI=1S/C60H38N2S/c1-2-16-42(17-3-1)57-52-23-8-10-27-53(52)62-54-28-13-25-47(58(54)49-21-6-7-22-50(49)59(57)62)41-33-37-44(38-34-41)61(55-29-14-26-51-48-20-9-11-30-56(48)63-60(51)55)43-35-31-40(32-36-43)46-24-12-18-39-15-4-5-19-45(39)46/h1-38H. The molecule has 13 rings (SSSR count). The lowest BCUT2D eigenvalue weighted by Gasteiger charge is -2.26. The van der Waals surface area contributed by atoms with Gasteiger partial charge in [-0.1, -0.05) is 182 Å². The van der Waals surface area contributed by atoms with Crippen molar-refractivity contribution < 1.29 is 0 Å². The lowest BCUT2D eigenvalue weighted by atomic mass is 9.94. The van der Waals surface area contributed by atoms with Crippen LogP contribution >= 0.6 is 11.3 Å². The van der Waals surface area contributed by atoms with Gasteiger partial charge in [-0.05, 0) is 92.5 Å². The molecule has 0 atom stereocenters. The predicted molar refractivity (Wildman–Crippen MR) is 271 cm³/mol. The maximum atomic E-state index is 2.50. The van der Waals surface area contributed by atoms with Crippen molar-refractivity contribution in [2.24, 2.45) is 0 Å². The van der Waals surface area contributed by atoms with Crippen LogP contribution in [0.25, 0.3) is 102 Å². The number of hydrogen-bond donors (Lipinski definition) is 0. The first kappa shape index (κ1) is 35.7. The third-order valence-corrected chi connectivity index (χ3v) is 14.2. The molecule has 2 nitrogen and oxygen atoms in total. The molecule has 0 unspecified atom stereocenters. The van der Waals surface area contributed by atoms with E-state index in [9.17, 15) is 0 Å². The molecule has 3 heterocycles. The Morgan fingerprint density at radius 1 is 0.349 bits per heavy atom. The summed E-state index contributed by atoms with van der Waals surface area (Å²) in [6, 6.07) is 84.6. The first-order valence-electron chi connectivity index (χ1n) is 21.6. The molecule has 13 aromatic rings. The first-order valence-corrected chi connectivity index (χ1v) is 22.4. The van der Waals surface area contributed by atoms with E-state index >= 15 is 0 Å². The van der Waals surface area contributed by atoms with Gasteiger partial charge in [0.05, 0.1) is 26.9 Å². The Morgan fingerprint density at radius 2 is 0.905 bits per heavy atom. The van der Waals surface area contributed by atoms with Crippen molar-refractivity contribution >= 4 is 97.4 Å². The van der Waals surface area contributed by atoms with Crippen LogP contribution in [0.5, 0.6) is 0 Å². The van der Waals surface area contributed by atoms with Crippen LogP contribution in [-0.2, 0) is 0 Å². The number of pyridine rings is 1. The monoisotopic (exact) mass is 818 g/mol. The molecule has 0 spiro atoms. The van der Waals surface area contributed by atoms with E-state index in [0.29, 0.717) is 0 Å². The molecular formula is C60H38N2S. The third kappa shape index (κ3) is 5.57. The molecule has 0 bridgehead atoms. The van der Waals surface area contributed by atoms with E-state index in [1.807, 2.05) is 11.3 Å². The Morgan fingerprint density at radius 3 is 1.70 bits per heavy atom. The summed E-state index contributed by atoms with van der Waals surface area (Å²) in [5.41, 5.74) is 14.4. The zero-order valence-corrected chi connectivity index (χ0v) is 35.1. The summed E-state index contributed by atoms with van der Waals surface area (Å²) in [5.74, 6) is 0. The smallest absolute Gasteiger partial charge is 0.0640 e. The lowest BCUT2D eigenvalue weighted by Crippen LogP contribution is -2.10. The van der Waals surface area contributed by atoms with Gasteiger partial charge in [-0.2, -0.15) is 0 Å². The van der Waals surface area contributed by atoms with E-state index < -0.39 is 0 Å². The Kier molecular flexibility index (Phi) is 8.12. The molecule has 10 aromatic carbocycles. The van der Waals surface area contributed by atoms with Crippen molar-refractivity contribution in [3.05, 3.63) is 231 Å². The number of rotatable bonds is 6. The molecule has 0 aliphatic carbocycles. The van der Waals surface area contributed by atoms with Gasteiger partial charge in [-0.3, -0.25) is 0 Å². The summed E-state index contributed by atoms with van der Waals surface area (Å²) in [7, 11) is 0. The maximum Gasteiger partial charge on any atom is 0.0640 e. The van der Waals surface area contributed by atoms with E-state index in [2.05, 4.69) is 240 Å². The molecule has 0 aliphatic heterocycles. The highest BCUT2D eigenvalue weighted by molar-refractivity contribution is 7.26.